The van der Waals surface area contributed by atoms with Gasteiger partial charge in [0.1, 0.15) is 6.10 Å². The van der Waals surface area contributed by atoms with E-state index in [-0.39, 0.29) is 6.42 Å². The van der Waals surface area contributed by atoms with Crippen LogP contribution in [0.25, 0.3) is 0 Å². The second-order valence-corrected chi connectivity index (χ2v) is 3.91. The van der Waals surface area contributed by atoms with Crippen molar-refractivity contribution in [3.05, 3.63) is 48.6 Å². The number of carbonyl (C=O) groups excluding carboxylic acids is 1. The average molecular weight is 320 g/mol. The molecule has 0 spiro atoms. The molecule has 1 rings (SSSR count). The van der Waals surface area contributed by atoms with E-state index in [4.69, 9.17) is 11.5 Å². The molecule has 126 valence electrons. The van der Waals surface area contributed by atoms with Crippen LogP contribution < -0.4 is 11.5 Å². The Labute approximate surface area is 128 Å². The van der Waals surface area contributed by atoms with Gasteiger partial charge in [0.25, 0.3) is 0 Å². The normalized spacial score (nSPS) is 12.9. The Kier molecular flexibility index (Phi) is 11.0. The van der Waals surface area contributed by atoms with Crippen LogP contribution in [-0.2, 0) is 17.4 Å². The Hall–Kier alpha value is -1.86. The molecule has 1 amide bonds. The molecule has 1 aromatic rings. The second kappa shape index (κ2) is 10.8. The summed E-state index contributed by atoms with van der Waals surface area (Å²) in [4.78, 5) is 10.7. The van der Waals surface area contributed by atoms with Gasteiger partial charge in [0, 0.05) is 6.04 Å². The zero-order valence-corrected chi connectivity index (χ0v) is 12.7. The number of amides is 1. The minimum absolute atomic E-state index is 0.0578. The number of rotatable bonds is 4. The maximum Gasteiger partial charge on any atom is 0.416 e. The summed E-state index contributed by atoms with van der Waals surface area (Å²) >= 11 is 0. The first kappa shape index (κ1) is 22.4. The molecular weight excluding hydrogens is 297 g/mol. The molecule has 5 N–H and O–H groups in total. The molecule has 4 nitrogen and oxygen atoms in total. The number of aliphatic hydroxyl groups excluding tert-OH is 1. The van der Waals surface area contributed by atoms with E-state index in [2.05, 4.69) is 13.2 Å². The van der Waals surface area contributed by atoms with Crippen LogP contribution in [0.2, 0.25) is 0 Å². The van der Waals surface area contributed by atoms with E-state index in [1.807, 2.05) is 13.8 Å². The van der Waals surface area contributed by atoms with Crippen molar-refractivity contribution in [3.8, 4) is 0 Å². The summed E-state index contributed by atoms with van der Waals surface area (Å²) in [7, 11) is 0. The zero-order valence-electron chi connectivity index (χ0n) is 12.7. The van der Waals surface area contributed by atoms with Crippen LogP contribution in [0.4, 0.5) is 13.2 Å². The number of aliphatic hydroxyl groups is 1. The number of nitrogens with two attached hydrogens (primary N) is 2. The zero-order chi connectivity index (χ0) is 17.9. The smallest absolute Gasteiger partial charge is 0.382 e. The fourth-order valence-electron chi connectivity index (χ4n) is 1.42. The van der Waals surface area contributed by atoms with E-state index in [9.17, 15) is 23.1 Å². The van der Waals surface area contributed by atoms with E-state index in [1.165, 1.54) is 12.1 Å². The van der Waals surface area contributed by atoms with E-state index in [0.29, 0.717) is 5.56 Å². The molecule has 2 unspecified atom stereocenters. The van der Waals surface area contributed by atoms with Gasteiger partial charge in [0.15, 0.2) is 0 Å². The Morgan fingerprint density at radius 1 is 1.23 bits per heavy atom. The van der Waals surface area contributed by atoms with Gasteiger partial charge in [-0.1, -0.05) is 26.0 Å². The summed E-state index contributed by atoms with van der Waals surface area (Å²) in [5, 5.41) is 9.26. The third-order valence-corrected chi connectivity index (χ3v) is 2.45. The fraction of sp³-hybridized carbons (Fsp3) is 0.400. The summed E-state index contributed by atoms with van der Waals surface area (Å²) in [6, 6.07) is 3.38. The topological polar surface area (TPSA) is 89.3 Å². The molecule has 22 heavy (non-hydrogen) atoms. The maximum absolute atomic E-state index is 12.3. The van der Waals surface area contributed by atoms with Crippen LogP contribution in [0.5, 0.6) is 0 Å². The van der Waals surface area contributed by atoms with Gasteiger partial charge in [0.2, 0.25) is 5.91 Å². The Morgan fingerprint density at radius 2 is 1.64 bits per heavy atom. The van der Waals surface area contributed by atoms with Crippen LogP contribution in [0.3, 0.4) is 0 Å². The predicted molar refractivity (Wildman–Crippen MR) is 80.9 cm³/mol. The molecule has 0 aliphatic rings. The number of hydrogen-bond acceptors (Lipinski definition) is 3. The molecule has 0 radical (unpaired) electrons. The molecule has 1 aromatic carbocycles. The predicted octanol–water partition coefficient (Wildman–Crippen LogP) is 2.25. The van der Waals surface area contributed by atoms with Gasteiger partial charge >= 0.3 is 6.18 Å². The van der Waals surface area contributed by atoms with Crippen LogP contribution >= 0.6 is 0 Å². The number of alkyl halides is 3. The first-order valence-corrected chi connectivity index (χ1v) is 6.61. The quantitative estimate of drug-likeness (QED) is 0.743. The monoisotopic (exact) mass is 320 g/mol. The molecule has 0 fully saturated rings. The van der Waals surface area contributed by atoms with Crippen LogP contribution in [0, 0.1) is 0 Å². The highest BCUT2D eigenvalue weighted by atomic mass is 19.4. The third kappa shape index (κ3) is 7.80. The molecule has 0 heterocycles. The van der Waals surface area contributed by atoms with Crippen molar-refractivity contribution in [3.63, 3.8) is 0 Å². The van der Waals surface area contributed by atoms with Gasteiger partial charge in [0.05, 0.1) is 5.56 Å². The van der Waals surface area contributed by atoms with E-state index in [1.54, 1.807) is 0 Å². The van der Waals surface area contributed by atoms with Crippen LogP contribution in [0.15, 0.2) is 37.4 Å². The Balaban J connectivity index is 0. The largest absolute Gasteiger partial charge is 0.416 e. The average Bonchev–Trinajstić information content (AvgIpc) is 2.50. The van der Waals surface area contributed by atoms with Crippen molar-refractivity contribution in [2.75, 3.05) is 0 Å². The summed E-state index contributed by atoms with van der Waals surface area (Å²) in [5.41, 5.74) is 10.1. The summed E-state index contributed by atoms with van der Waals surface area (Å²) in [6.45, 7) is 10.0. The lowest BCUT2D eigenvalue weighted by atomic mass is 10.0. The number of primary amides is 1. The van der Waals surface area contributed by atoms with Crippen molar-refractivity contribution in [2.24, 2.45) is 11.5 Å². The first-order chi connectivity index (χ1) is 10.2. The maximum atomic E-state index is 12.3. The Morgan fingerprint density at radius 3 is 1.95 bits per heavy atom. The molecular formula is C15H23F3N2O2. The van der Waals surface area contributed by atoms with Crippen molar-refractivity contribution >= 4 is 5.91 Å². The molecule has 7 heteroatoms. The molecule has 0 aliphatic heterocycles. The second-order valence-electron chi connectivity index (χ2n) is 3.91. The van der Waals surface area contributed by atoms with Gasteiger partial charge in [-0.05, 0) is 24.1 Å². The van der Waals surface area contributed by atoms with Crippen LogP contribution in [-0.4, -0.2) is 23.2 Å². The van der Waals surface area contributed by atoms with Crippen molar-refractivity contribution < 1.29 is 23.1 Å². The fourth-order valence-corrected chi connectivity index (χ4v) is 1.42. The minimum atomic E-state index is -4.40. The summed E-state index contributed by atoms with van der Waals surface area (Å²) < 4.78 is 36.9. The highest BCUT2D eigenvalue weighted by Crippen LogP contribution is 2.29. The SMILES string of the molecule is C=C.CC.NC(=O)C(O)C(N)Cc1ccc(C(F)(F)F)cc1. The molecule has 2 atom stereocenters. The van der Waals surface area contributed by atoms with E-state index in [0.717, 1.165) is 12.1 Å². The number of carbonyl (C=O) groups is 1. The van der Waals surface area contributed by atoms with Gasteiger partial charge in [-0.25, -0.2) is 0 Å². The molecule has 0 saturated heterocycles. The molecule has 0 aromatic heterocycles. The number of hydrogen-bond donors (Lipinski definition) is 3. The molecule has 0 bridgehead atoms. The van der Waals surface area contributed by atoms with Gasteiger partial charge in [-0.3, -0.25) is 4.79 Å². The third-order valence-electron chi connectivity index (χ3n) is 2.45. The van der Waals surface area contributed by atoms with Crippen LogP contribution in [0.1, 0.15) is 25.0 Å². The summed E-state index contributed by atoms with van der Waals surface area (Å²) in [5.74, 6) is -0.964. The van der Waals surface area contributed by atoms with Crippen molar-refractivity contribution in [1.29, 1.82) is 0 Å². The number of benzene rings is 1. The van der Waals surface area contributed by atoms with Crippen molar-refractivity contribution in [1.82, 2.24) is 0 Å². The van der Waals surface area contributed by atoms with Gasteiger partial charge in [-0.15, -0.1) is 13.2 Å². The highest BCUT2D eigenvalue weighted by Gasteiger charge is 2.30. The van der Waals surface area contributed by atoms with Gasteiger partial charge < -0.3 is 16.6 Å². The van der Waals surface area contributed by atoms with Gasteiger partial charge in [-0.2, -0.15) is 13.2 Å². The van der Waals surface area contributed by atoms with E-state index < -0.39 is 29.8 Å². The lowest BCUT2D eigenvalue weighted by Crippen LogP contribution is -2.45. The number of halogens is 3. The summed E-state index contributed by atoms with van der Waals surface area (Å²) in [6.07, 6.45) is -5.86. The lowest BCUT2D eigenvalue weighted by molar-refractivity contribution is -0.137. The standard InChI is InChI=1S/C11H13F3N2O2.C2H6.C2H4/c12-11(13,14)7-3-1-6(2-4-7)5-8(15)9(17)10(16)18;2*1-2/h1-4,8-9,17H,5,15H2,(H2,16,18);1-2H3;1-2H2. The Bertz CT molecular complexity index is 433. The van der Waals surface area contributed by atoms with Crippen molar-refractivity contribution in [2.45, 2.75) is 38.6 Å². The lowest BCUT2D eigenvalue weighted by Gasteiger charge is -2.16. The van der Waals surface area contributed by atoms with E-state index >= 15 is 0 Å². The molecule has 0 aliphatic carbocycles. The molecule has 0 saturated carbocycles. The highest BCUT2D eigenvalue weighted by molar-refractivity contribution is 5.79. The first-order valence-electron chi connectivity index (χ1n) is 6.61. The minimum Gasteiger partial charge on any atom is -0.382 e.